The Labute approximate surface area is 122 Å². The van der Waals surface area contributed by atoms with Crippen LogP contribution in [-0.2, 0) is 19.6 Å². The van der Waals surface area contributed by atoms with Crippen LogP contribution in [-0.4, -0.2) is 43.7 Å². The summed E-state index contributed by atoms with van der Waals surface area (Å²) in [5.74, 6) is -1.11. The number of sulfonamides is 1. The lowest BCUT2D eigenvalue weighted by atomic mass is 10.2. The number of hydrogen-bond acceptors (Lipinski definition) is 5. The standard InChI is InChI=1S/C13H16N2O5S/c16-13(17)4-3-10-6-12(9-14-7-10)21(18,19)15-8-11-2-1-5-20-11/h3-4,6-7,9,11,15H,1-2,5,8H2,(H,16,17). The van der Waals surface area contributed by atoms with Gasteiger partial charge in [0.15, 0.2) is 0 Å². The quantitative estimate of drug-likeness (QED) is 0.747. The van der Waals surface area contributed by atoms with Gasteiger partial charge < -0.3 is 9.84 Å². The van der Waals surface area contributed by atoms with Crippen LogP contribution in [0.15, 0.2) is 29.4 Å². The Morgan fingerprint density at radius 3 is 3.00 bits per heavy atom. The first-order valence-electron chi connectivity index (χ1n) is 6.45. The number of hydrogen-bond donors (Lipinski definition) is 2. The lowest BCUT2D eigenvalue weighted by molar-refractivity contribution is -0.131. The molecule has 1 aliphatic heterocycles. The van der Waals surface area contributed by atoms with Crippen LogP contribution in [0.4, 0.5) is 0 Å². The minimum atomic E-state index is -3.68. The molecule has 1 aliphatic rings. The van der Waals surface area contributed by atoms with Gasteiger partial charge in [0.05, 0.1) is 6.10 Å². The predicted octanol–water partition coefficient (Wildman–Crippen LogP) is 0.637. The molecule has 1 saturated heterocycles. The highest BCUT2D eigenvalue weighted by molar-refractivity contribution is 7.89. The number of carboxylic acids is 1. The normalized spacial score (nSPS) is 19.1. The van der Waals surface area contributed by atoms with Crippen LogP contribution in [0.5, 0.6) is 0 Å². The number of ether oxygens (including phenoxy) is 1. The van der Waals surface area contributed by atoms with Gasteiger partial charge in [-0.2, -0.15) is 0 Å². The van der Waals surface area contributed by atoms with Gasteiger partial charge in [-0.1, -0.05) is 0 Å². The first-order chi connectivity index (χ1) is 9.97. The average molecular weight is 312 g/mol. The molecule has 7 nitrogen and oxygen atoms in total. The zero-order chi connectivity index (χ0) is 15.3. The zero-order valence-electron chi connectivity index (χ0n) is 11.2. The van der Waals surface area contributed by atoms with E-state index in [0.717, 1.165) is 18.9 Å². The minimum Gasteiger partial charge on any atom is -0.478 e. The van der Waals surface area contributed by atoms with Crippen molar-refractivity contribution in [1.29, 1.82) is 0 Å². The molecule has 2 N–H and O–H groups in total. The highest BCUT2D eigenvalue weighted by Crippen LogP contribution is 2.14. The predicted molar refractivity (Wildman–Crippen MR) is 75.1 cm³/mol. The molecule has 8 heteroatoms. The smallest absolute Gasteiger partial charge is 0.328 e. The molecule has 114 valence electrons. The third-order valence-electron chi connectivity index (χ3n) is 2.99. The van der Waals surface area contributed by atoms with E-state index in [1.807, 2.05) is 0 Å². The molecule has 1 atom stereocenters. The van der Waals surface area contributed by atoms with Gasteiger partial charge in [-0.15, -0.1) is 0 Å². The van der Waals surface area contributed by atoms with E-state index in [2.05, 4.69) is 9.71 Å². The number of nitrogens with zero attached hydrogens (tertiary/aromatic N) is 1. The van der Waals surface area contributed by atoms with Crippen LogP contribution in [0.3, 0.4) is 0 Å². The van der Waals surface area contributed by atoms with Crippen molar-refractivity contribution in [3.63, 3.8) is 0 Å². The molecule has 1 unspecified atom stereocenters. The molecule has 0 saturated carbocycles. The number of carboxylic acid groups (broad SMARTS) is 1. The lowest BCUT2D eigenvalue weighted by Crippen LogP contribution is -2.31. The van der Waals surface area contributed by atoms with E-state index in [1.54, 1.807) is 0 Å². The molecule has 0 radical (unpaired) electrons. The van der Waals surface area contributed by atoms with E-state index < -0.39 is 16.0 Å². The molecule has 1 aromatic rings. The second-order valence-corrected chi connectivity index (χ2v) is 6.38. The van der Waals surface area contributed by atoms with Crippen LogP contribution in [0.2, 0.25) is 0 Å². The highest BCUT2D eigenvalue weighted by atomic mass is 32.2. The van der Waals surface area contributed by atoms with Crippen molar-refractivity contribution in [3.8, 4) is 0 Å². The fraction of sp³-hybridized carbons (Fsp3) is 0.385. The van der Waals surface area contributed by atoms with Gasteiger partial charge in [-0.25, -0.2) is 17.9 Å². The Balaban J connectivity index is 2.08. The van der Waals surface area contributed by atoms with Gasteiger partial charge in [0.25, 0.3) is 0 Å². The summed E-state index contributed by atoms with van der Waals surface area (Å²) < 4.78 is 32.1. The molecular weight excluding hydrogens is 296 g/mol. The Kier molecular flexibility index (Phi) is 5.05. The molecule has 0 aliphatic carbocycles. The summed E-state index contributed by atoms with van der Waals surface area (Å²) >= 11 is 0. The summed E-state index contributed by atoms with van der Waals surface area (Å²) in [5, 5.41) is 8.56. The highest BCUT2D eigenvalue weighted by Gasteiger charge is 2.20. The minimum absolute atomic E-state index is 0.00645. The number of carbonyl (C=O) groups is 1. The Bertz CT molecular complexity index is 636. The van der Waals surface area contributed by atoms with Crippen LogP contribution < -0.4 is 4.72 Å². The molecule has 1 aromatic heterocycles. The maximum Gasteiger partial charge on any atom is 0.328 e. The average Bonchev–Trinajstić information content (AvgIpc) is 2.97. The summed E-state index contributed by atoms with van der Waals surface area (Å²) in [4.78, 5) is 14.3. The molecule has 0 spiro atoms. The van der Waals surface area contributed by atoms with E-state index in [1.165, 1.54) is 24.5 Å². The number of pyridine rings is 1. The number of aromatic nitrogens is 1. The second kappa shape index (κ2) is 6.79. The van der Waals surface area contributed by atoms with Crippen LogP contribution in [0.25, 0.3) is 6.08 Å². The van der Waals surface area contributed by atoms with Crippen molar-refractivity contribution in [2.24, 2.45) is 0 Å². The van der Waals surface area contributed by atoms with Crippen LogP contribution >= 0.6 is 0 Å². The van der Waals surface area contributed by atoms with Gasteiger partial charge in [0, 0.05) is 31.6 Å². The SMILES string of the molecule is O=C(O)C=Cc1cncc(S(=O)(=O)NCC2CCCO2)c1. The van der Waals surface area contributed by atoms with Crippen molar-refractivity contribution in [2.75, 3.05) is 13.2 Å². The fourth-order valence-electron chi connectivity index (χ4n) is 1.93. The molecular formula is C13H16N2O5S. The molecule has 0 bridgehead atoms. The largest absolute Gasteiger partial charge is 0.478 e. The topological polar surface area (TPSA) is 106 Å². The van der Waals surface area contributed by atoms with Gasteiger partial charge in [0.2, 0.25) is 10.0 Å². The molecule has 21 heavy (non-hydrogen) atoms. The van der Waals surface area contributed by atoms with Gasteiger partial charge in [-0.05, 0) is 30.5 Å². The first-order valence-corrected chi connectivity index (χ1v) is 7.93. The number of rotatable bonds is 6. The Morgan fingerprint density at radius 2 is 2.33 bits per heavy atom. The summed E-state index contributed by atoms with van der Waals surface area (Å²) in [6.45, 7) is 0.876. The van der Waals surface area contributed by atoms with Crippen LogP contribution in [0.1, 0.15) is 18.4 Å². The van der Waals surface area contributed by atoms with E-state index >= 15 is 0 Å². The number of nitrogens with one attached hydrogen (secondary N) is 1. The summed E-state index contributed by atoms with van der Waals surface area (Å²) in [5.41, 5.74) is 0.400. The summed E-state index contributed by atoms with van der Waals surface area (Å²) in [6, 6.07) is 1.37. The molecule has 2 rings (SSSR count). The first kappa shape index (κ1) is 15.6. The Hall–Kier alpha value is -1.77. The third-order valence-corrected chi connectivity index (χ3v) is 4.38. The maximum absolute atomic E-state index is 12.1. The van der Waals surface area contributed by atoms with E-state index in [4.69, 9.17) is 9.84 Å². The van der Waals surface area contributed by atoms with Crippen molar-refractivity contribution in [3.05, 3.63) is 30.1 Å². The summed E-state index contributed by atoms with van der Waals surface area (Å²) in [6.07, 6.45) is 6.49. The lowest BCUT2D eigenvalue weighted by Gasteiger charge is -2.11. The van der Waals surface area contributed by atoms with E-state index in [-0.39, 0.29) is 17.5 Å². The van der Waals surface area contributed by atoms with Crippen LogP contribution in [0, 0.1) is 0 Å². The van der Waals surface area contributed by atoms with Gasteiger partial charge >= 0.3 is 5.97 Å². The van der Waals surface area contributed by atoms with Crippen molar-refractivity contribution in [1.82, 2.24) is 9.71 Å². The fourth-order valence-corrected chi connectivity index (χ4v) is 3.00. The summed E-state index contributed by atoms with van der Waals surface area (Å²) in [7, 11) is -3.68. The van der Waals surface area contributed by atoms with E-state index in [0.29, 0.717) is 12.2 Å². The van der Waals surface area contributed by atoms with Crippen molar-refractivity contribution in [2.45, 2.75) is 23.8 Å². The molecule has 0 aromatic carbocycles. The van der Waals surface area contributed by atoms with E-state index in [9.17, 15) is 13.2 Å². The number of aliphatic carboxylic acids is 1. The van der Waals surface area contributed by atoms with Crippen molar-refractivity contribution < 1.29 is 23.1 Å². The van der Waals surface area contributed by atoms with Gasteiger partial charge in [-0.3, -0.25) is 4.98 Å². The zero-order valence-corrected chi connectivity index (χ0v) is 12.0. The maximum atomic E-state index is 12.1. The second-order valence-electron chi connectivity index (χ2n) is 4.61. The molecule has 2 heterocycles. The molecule has 1 fully saturated rings. The van der Waals surface area contributed by atoms with Crippen molar-refractivity contribution >= 4 is 22.1 Å². The monoisotopic (exact) mass is 312 g/mol. The third kappa shape index (κ3) is 4.62. The Morgan fingerprint density at radius 1 is 1.52 bits per heavy atom. The van der Waals surface area contributed by atoms with Gasteiger partial charge in [0.1, 0.15) is 4.90 Å². The molecule has 0 amide bonds.